The fourth-order valence-corrected chi connectivity index (χ4v) is 2.40. The summed E-state index contributed by atoms with van der Waals surface area (Å²) in [6.07, 6.45) is -0.946. The van der Waals surface area contributed by atoms with E-state index in [2.05, 4.69) is 26.6 Å². The monoisotopic (exact) mass is 362 g/mol. The molecule has 0 saturated carbocycles. The zero-order chi connectivity index (χ0) is 15.9. The SMILES string of the molecule is O=C(O)NC(Cc1ccccc1)C(=O)Nc1cccc(Br)c1. The van der Waals surface area contributed by atoms with Crippen LogP contribution in [0.4, 0.5) is 10.5 Å². The van der Waals surface area contributed by atoms with Crippen molar-refractivity contribution in [1.82, 2.24) is 5.32 Å². The summed E-state index contributed by atoms with van der Waals surface area (Å²) in [4.78, 5) is 23.2. The molecular formula is C16H15BrN2O3. The fourth-order valence-electron chi connectivity index (χ4n) is 2.00. The normalized spacial score (nSPS) is 11.5. The van der Waals surface area contributed by atoms with Gasteiger partial charge in [-0.3, -0.25) is 4.79 Å². The van der Waals surface area contributed by atoms with Gasteiger partial charge in [0.2, 0.25) is 5.91 Å². The first-order valence-corrected chi connectivity index (χ1v) is 7.44. The highest BCUT2D eigenvalue weighted by atomic mass is 79.9. The van der Waals surface area contributed by atoms with Crippen LogP contribution in [-0.4, -0.2) is 23.1 Å². The number of benzene rings is 2. The van der Waals surface area contributed by atoms with Gasteiger partial charge in [0, 0.05) is 16.6 Å². The van der Waals surface area contributed by atoms with Crippen LogP contribution in [0, 0.1) is 0 Å². The molecule has 0 fully saturated rings. The number of rotatable bonds is 5. The van der Waals surface area contributed by atoms with Crippen molar-refractivity contribution >= 4 is 33.6 Å². The Hall–Kier alpha value is -2.34. The maximum atomic E-state index is 12.3. The van der Waals surface area contributed by atoms with E-state index < -0.39 is 18.0 Å². The lowest BCUT2D eigenvalue weighted by molar-refractivity contribution is -0.118. The van der Waals surface area contributed by atoms with Crippen LogP contribution in [0.1, 0.15) is 5.56 Å². The van der Waals surface area contributed by atoms with E-state index in [1.165, 1.54) is 0 Å². The van der Waals surface area contributed by atoms with Gasteiger partial charge in [-0.1, -0.05) is 52.3 Å². The second kappa shape index (κ2) is 7.61. The molecule has 5 nitrogen and oxygen atoms in total. The Morgan fingerprint density at radius 1 is 1.09 bits per heavy atom. The molecule has 0 aliphatic rings. The lowest BCUT2D eigenvalue weighted by Crippen LogP contribution is -2.44. The first kappa shape index (κ1) is 16.0. The Kier molecular flexibility index (Phi) is 5.55. The molecule has 0 saturated heterocycles. The van der Waals surface area contributed by atoms with Gasteiger partial charge >= 0.3 is 6.09 Å². The lowest BCUT2D eigenvalue weighted by Gasteiger charge is -2.17. The van der Waals surface area contributed by atoms with E-state index in [0.29, 0.717) is 5.69 Å². The number of hydrogen-bond acceptors (Lipinski definition) is 2. The van der Waals surface area contributed by atoms with E-state index in [1.807, 2.05) is 36.4 Å². The van der Waals surface area contributed by atoms with Crippen molar-refractivity contribution in [2.45, 2.75) is 12.5 Å². The number of halogens is 1. The number of carbonyl (C=O) groups excluding carboxylic acids is 1. The highest BCUT2D eigenvalue weighted by Crippen LogP contribution is 2.16. The molecule has 2 aromatic rings. The third-order valence-corrected chi connectivity index (χ3v) is 3.48. The highest BCUT2D eigenvalue weighted by molar-refractivity contribution is 9.10. The van der Waals surface area contributed by atoms with Crippen LogP contribution < -0.4 is 10.6 Å². The number of carbonyl (C=O) groups is 2. The molecule has 6 heteroatoms. The zero-order valence-corrected chi connectivity index (χ0v) is 13.2. The lowest BCUT2D eigenvalue weighted by atomic mass is 10.1. The Morgan fingerprint density at radius 3 is 2.45 bits per heavy atom. The first-order valence-electron chi connectivity index (χ1n) is 6.64. The summed E-state index contributed by atoms with van der Waals surface area (Å²) in [5.41, 5.74) is 1.48. The van der Waals surface area contributed by atoms with Crippen LogP contribution in [0.5, 0.6) is 0 Å². The first-order chi connectivity index (χ1) is 10.5. The summed E-state index contributed by atoms with van der Waals surface area (Å²) < 4.78 is 0.830. The minimum Gasteiger partial charge on any atom is -0.465 e. The third kappa shape index (κ3) is 4.89. The minimum atomic E-state index is -1.23. The molecular weight excluding hydrogens is 348 g/mol. The van der Waals surface area contributed by atoms with Gasteiger partial charge in [0.1, 0.15) is 6.04 Å². The second-order valence-corrected chi connectivity index (χ2v) is 5.61. The van der Waals surface area contributed by atoms with E-state index >= 15 is 0 Å². The van der Waals surface area contributed by atoms with E-state index in [-0.39, 0.29) is 6.42 Å². The zero-order valence-electron chi connectivity index (χ0n) is 11.6. The molecule has 2 amide bonds. The number of anilines is 1. The average molecular weight is 363 g/mol. The smallest absolute Gasteiger partial charge is 0.405 e. The van der Waals surface area contributed by atoms with Gasteiger partial charge in [0.05, 0.1) is 0 Å². The Balaban J connectivity index is 2.10. The predicted molar refractivity (Wildman–Crippen MR) is 87.9 cm³/mol. The van der Waals surface area contributed by atoms with Crippen LogP contribution in [0.3, 0.4) is 0 Å². The van der Waals surface area contributed by atoms with Crippen molar-refractivity contribution in [3.63, 3.8) is 0 Å². The van der Waals surface area contributed by atoms with Crippen LogP contribution >= 0.6 is 15.9 Å². The number of hydrogen-bond donors (Lipinski definition) is 3. The quantitative estimate of drug-likeness (QED) is 0.763. The summed E-state index contributed by atoms with van der Waals surface area (Å²) in [5, 5.41) is 13.9. The molecule has 2 aromatic carbocycles. The van der Waals surface area contributed by atoms with Crippen LogP contribution in [0.15, 0.2) is 59.1 Å². The summed E-state index contributed by atoms with van der Waals surface area (Å²) in [7, 11) is 0. The van der Waals surface area contributed by atoms with Gasteiger partial charge in [-0.2, -0.15) is 0 Å². The molecule has 0 radical (unpaired) electrons. The molecule has 114 valence electrons. The van der Waals surface area contributed by atoms with E-state index in [4.69, 9.17) is 5.11 Å². The maximum absolute atomic E-state index is 12.3. The highest BCUT2D eigenvalue weighted by Gasteiger charge is 2.21. The summed E-state index contributed by atoms with van der Waals surface area (Å²) >= 11 is 3.32. The van der Waals surface area contributed by atoms with Crippen molar-refractivity contribution in [2.75, 3.05) is 5.32 Å². The largest absolute Gasteiger partial charge is 0.465 e. The second-order valence-electron chi connectivity index (χ2n) is 4.69. The van der Waals surface area contributed by atoms with E-state index in [9.17, 15) is 9.59 Å². The van der Waals surface area contributed by atoms with Crippen LogP contribution in [0.25, 0.3) is 0 Å². The van der Waals surface area contributed by atoms with Crippen molar-refractivity contribution in [2.24, 2.45) is 0 Å². The van der Waals surface area contributed by atoms with Gasteiger partial charge in [-0.15, -0.1) is 0 Å². The molecule has 3 N–H and O–H groups in total. The summed E-state index contributed by atoms with van der Waals surface area (Å²) in [6, 6.07) is 15.5. The summed E-state index contributed by atoms with van der Waals surface area (Å²) in [5.74, 6) is -0.399. The molecule has 2 rings (SSSR count). The molecule has 1 atom stereocenters. The molecule has 0 aromatic heterocycles. The van der Waals surface area contributed by atoms with Gasteiger partial charge in [0.15, 0.2) is 0 Å². The topological polar surface area (TPSA) is 78.4 Å². The van der Waals surface area contributed by atoms with Gasteiger partial charge in [-0.05, 0) is 23.8 Å². The third-order valence-electron chi connectivity index (χ3n) is 2.99. The van der Waals surface area contributed by atoms with Gasteiger partial charge in [-0.25, -0.2) is 4.79 Å². The molecule has 0 spiro atoms. The Bertz CT molecular complexity index is 661. The Morgan fingerprint density at radius 2 is 1.82 bits per heavy atom. The predicted octanol–water partition coefficient (Wildman–Crippen LogP) is 3.27. The average Bonchev–Trinajstić information content (AvgIpc) is 2.47. The maximum Gasteiger partial charge on any atom is 0.405 e. The molecule has 0 bridgehead atoms. The molecule has 1 unspecified atom stereocenters. The van der Waals surface area contributed by atoms with Crippen molar-refractivity contribution in [1.29, 1.82) is 0 Å². The van der Waals surface area contributed by atoms with Gasteiger partial charge in [0.25, 0.3) is 0 Å². The summed E-state index contributed by atoms with van der Waals surface area (Å²) in [6.45, 7) is 0. The van der Waals surface area contributed by atoms with E-state index in [1.54, 1.807) is 18.2 Å². The number of carboxylic acid groups (broad SMARTS) is 1. The minimum absolute atomic E-state index is 0.285. The van der Waals surface area contributed by atoms with E-state index in [0.717, 1.165) is 10.0 Å². The van der Waals surface area contributed by atoms with Gasteiger partial charge < -0.3 is 15.7 Å². The van der Waals surface area contributed by atoms with Crippen LogP contribution in [-0.2, 0) is 11.2 Å². The number of nitrogens with one attached hydrogen (secondary N) is 2. The molecule has 0 aliphatic carbocycles. The van der Waals surface area contributed by atoms with Crippen LogP contribution in [0.2, 0.25) is 0 Å². The molecule has 22 heavy (non-hydrogen) atoms. The van der Waals surface area contributed by atoms with Crippen molar-refractivity contribution in [3.05, 3.63) is 64.6 Å². The standard InChI is InChI=1S/C16H15BrN2O3/c17-12-7-4-8-13(10-12)18-15(20)14(19-16(21)22)9-11-5-2-1-3-6-11/h1-8,10,14,19H,9H2,(H,18,20)(H,21,22). The van der Waals surface area contributed by atoms with Crippen molar-refractivity contribution in [3.8, 4) is 0 Å². The Labute approximate surface area is 136 Å². The van der Waals surface area contributed by atoms with Crippen molar-refractivity contribution < 1.29 is 14.7 Å². The number of amides is 2. The molecule has 0 aliphatic heterocycles. The fraction of sp³-hybridized carbons (Fsp3) is 0.125. The molecule has 0 heterocycles.